The number of rotatable bonds is 9. The Hall–Kier alpha value is -3.44. The third-order valence-corrected chi connectivity index (χ3v) is 5.58. The zero-order chi connectivity index (χ0) is 23.3. The normalized spacial score (nSPS) is 11.8. The van der Waals surface area contributed by atoms with E-state index in [0.717, 1.165) is 11.8 Å². The van der Waals surface area contributed by atoms with E-state index in [2.05, 4.69) is 10.3 Å². The average Bonchev–Trinajstić information content (AvgIpc) is 2.78. The number of carbonyl (C=O) groups excluding carboxylic acids is 1. The van der Waals surface area contributed by atoms with Gasteiger partial charge in [0.15, 0.2) is 5.16 Å². The lowest BCUT2D eigenvalue weighted by Crippen LogP contribution is -2.29. The van der Waals surface area contributed by atoms with Gasteiger partial charge in [-0.1, -0.05) is 23.9 Å². The molecule has 168 valence electrons. The lowest BCUT2D eigenvalue weighted by atomic mass is 10.2. The molecule has 0 aliphatic heterocycles. The van der Waals surface area contributed by atoms with Crippen molar-refractivity contribution in [3.63, 3.8) is 0 Å². The van der Waals surface area contributed by atoms with Gasteiger partial charge in [-0.25, -0.2) is 4.98 Å². The van der Waals surface area contributed by atoms with E-state index in [1.165, 1.54) is 37.0 Å². The number of para-hydroxylation sites is 1. The van der Waals surface area contributed by atoms with E-state index in [9.17, 15) is 19.7 Å². The summed E-state index contributed by atoms with van der Waals surface area (Å²) in [4.78, 5) is 40.9. The number of fused-ring (bicyclic) bond motifs is 1. The predicted molar refractivity (Wildman–Crippen MR) is 122 cm³/mol. The summed E-state index contributed by atoms with van der Waals surface area (Å²) in [5.41, 5.74) is 0.0658. The fourth-order valence-corrected chi connectivity index (χ4v) is 4.04. The van der Waals surface area contributed by atoms with Gasteiger partial charge in [-0.15, -0.1) is 0 Å². The number of hydrogen-bond donors (Lipinski definition) is 1. The van der Waals surface area contributed by atoms with Crippen LogP contribution < -0.4 is 15.6 Å². The number of nitro benzene ring substituents is 1. The second-order valence-electron chi connectivity index (χ2n) is 6.87. The van der Waals surface area contributed by atoms with Crippen LogP contribution >= 0.6 is 11.8 Å². The standard InChI is InChI=1S/C21H22N4O6S/c1-13(11-30-2)24-20(27)15-6-4-5-7-16(15)23-21(24)32-12-19(26)22-17-9-8-14(31-3)10-18(17)25(28)29/h4-10,13H,11-12H2,1-3H3,(H,22,26). The van der Waals surface area contributed by atoms with Gasteiger partial charge in [0.1, 0.15) is 11.4 Å². The second kappa shape index (κ2) is 10.2. The molecule has 1 N–H and O–H groups in total. The molecule has 0 aliphatic rings. The monoisotopic (exact) mass is 458 g/mol. The van der Waals surface area contributed by atoms with E-state index in [4.69, 9.17) is 9.47 Å². The second-order valence-corrected chi connectivity index (χ2v) is 7.81. The maximum atomic E-state index is 13.0. The molecule has 2 aromatic carbocycles. The van der Waals surface area contributed by atoms with Crippen LogP contribution in [0.1, 0.15) is 13.0 Å². The number of carbonyl (C=O) groups is 1. The van der Waals surface area contributed by atoms with E-state index < -0.39 is 10.8 Å². The minimum atomic E-state index is -0.597. The van der Waals surface area contributed by atoms with Gasteiger partial charge in [-0.2, -0.15) is 0 Å². The Morgan fingerprint density at radius 2 is 2.03 bits per heavy atom. The van der Waals surface area contributed by atoms with Gasteiger partial charge in [0.05, 0.1) is 47.4 Å². The molecular formula is C21H22N4O6S. The molecule has 0 bridgehead atoms. The number of nitrogens with one attached hydrogen (secondary N) is 1. The molecule has 0 aliphatic carbocycles. The predicted octanol–water partition coefficient (Wildman–Crippen LogP) is 3.25. The third-order valence-electron chi connectivity index (χ3n) is 4.63. The van der Waals surface area contributed by atoms with E-state index >= 15 is 0 Å². The summed E-state index contributed by atoms with van der Waals surface area (Å²) in [6, 6.07) is 10.8. The number of thioether (sulfide) groups is 1. The lowest BCUT2D eigenvalue weighted by molar-refractivity contribution is -0.384. The molecule has 0 fully saturated rings. The number of methoxy groups -OCH3 is 2. The summed E-state index contributed by atoms with van der Waals surface area (Å²) in [7, 11) is 2.94. The summed E-state index contributed by atoms with van der Waals surface area (Å²) in [6.45, 7) is 2.12. The van der Waals surface area contributed by atoms with Crippen LogP contribution in [0.4, 0.5) is 11.4 Å². The van der Waals surface area contributed by atoms with Gasteiger partial charge in [0.2, 0.25) is 5.91 Å². The Morgan fingerprint density at radius 3 is 2.72 bits per heavy atom. The Labute approximate surface area is 187 Å². The van der Waals surface area contributed by atoms with Crippen LogP contribution in [0.5, 0.6) is 5.75 Å². The van der Waals surface area contributed by atoms with Gasteiger partial charge >= 0.3 is 0 Å². The van der Waals surface area contributed by atoms with Crippen molar-refractivity contribution >= 4 is 39.9 Å². The fourth-order valence-electron chi connectivity index (χ4n) is 3.14. The molecule has 3 aromatic rings. The molecule has 0 saturated heterocycles. The Balaban J connectivity index is 1.86. The van der Waals surface area contributed by atoms with Crippen molar-refractivity contribution in [3.05, 3.63) is 62.9 Å². The Bertz CT molecular complexity index is 1210. The van der Waals surface area contributed by atoms with Crippen LogP contribution in [0.2, 0.25) is 0 Å². The highest BCUT2D eigenvalue weighted by Gasteiger charge is 2.20. The highest BCUT2D eigenvalue weighted by molar-refractivity contribution is 7.99. The number of nitrogens with zero attached hydrogens (tertiary/aromatic N) is 3. The average molecular weight is 458 g/mol. The number of benzene rings is 2. The summed E-state index contributed by atoms with van der Waals surface area (Å²) < 4.78 is 11.7. The van der Waals surface area contributed by atoms with Gasteiger partial charge in [0, 0.05) is 7.11 Å². The first kappa shape index (κ1) is 23.2. The fraction of sp³-hybridized carbons (Fsp3) is 0.286. The van der Waals surface area contributed by atoms with Crippen molar-refractivity contribution in [1.82, 2.24) is 9.55 Å². The first-order chi connectivity index (χ1) is 15.3. The van der Waals surface area contributed by atoms with Gasteiger partial charge in [-0.3, -0.25) is 24.3 Å². The first-order valence-electron chi connectivity index (χ1n) is 9.61. The van der Waals surface area contributed by atoms with Crippen LogP contribution in [0.3, 0.4) is 0 Å². The highest BCUT2D eigenvalue weighted by Crippen LogP contribution is 2.29. The summed E-state index contributed by atoms with van der Waals surface area (Å²) in [5, 5.41) is 14.7. The molecule has 10 nitrogen and oxygen atoms in total. The number of amides is 1. The number of nitro groups is 1. The molecule has 1 aromatic heterocycles. The van der Waals surface area contributed by atoms with Gasteiger partial charge in [-0.05, 0) is 31.2 Å². The molecule has 0 spiro atoms. The molecule has 32 heavy (non-hydrogen) atoms. The summed E-state index contributed by atoms with van der Waals surface area (Å²) in [5.74, 6) is -0.273. The van der Waals surface area contributed by atoms with Gasteiger partial charge < -0.3 is 14.8 Å². The molecule has 3 rings (SSSR count). The van der Waals surface area contributed by atoms with Crippen molar-refractivity contribution in [3.8, 4) is 5.75 Å². The summed E-state index contributed by atoms with van der Waals surface area (Å²) in [6.07, 6.45) is 0. The van der Waals surface area contributed by atoms with Crippen molar-refractivity contribution in [2.75, 3.05) is 31.9 Å². The van der Waals surface area contributed by atoms with E-state index in [1.807, 2.05) is 6.92 Å². The number of aromatic nitrogens is 2. The van der Waals surface area contributed by atoms with Crippen LogP contribution in [-0.2, 0) is 9.53 Å². The number of anilines is 1. The van der Waals surface area contributed by atoms with Crippen molar-refractivity contribution < 1.29 is 19.2 Å². The van der Waals surface area contributed by atoms with Crippen molar-refractivity contribution in [2.24, 2.45) is 0 Å². The van der Waals surface area contributed by atoms with Crippen LogP contribution in [0, 0.1) is 10.1 Å². The van der Waals surface area contributed by atoms with Crippen molar-refractivity contribution in [2.45, 2.75) is 18.1 Å². The smallest absolute Gasteiger partial charge is 0.296 e. The van der Waals surface area contributed by atoms with E-state index in [-0.39, 0.29) is 35.3 Å². The van der Waals surface area contributed by atoms with E-state index in [0.29, 0.717) is 21.8 Å². The van der Waals surface area contributed by atoms with E-state index in [1.54, 1.807) is 24.3 Å². The third kappa shape index (κ3) is 5.06. The molecule has 1 heterocycles. The maximum absolute atomic E-state index is 13.0. The van der Waals surface area contributed by atoms with Gasteiger partial charge in [0.25, 0.3) is 11.2 Å². The minimum Gasteiger partial charge on any atom is -0.496 e. The SMILES string of the molecule is COCC(C)n1c(SCC(=O)Nc2ccc(OC)cc2[N+](=O)[O-])nc2ccccc2c1=O. The quantitative estimate of drug-likeness (QED) is 0.224. The maximum Gasteiger partial charge on any atom is 0.296 e. The molecule has 1 unspecified atom stereocenters. The molecule has 11 heteroatoms. The Kier molecular flexibility index (Phi) is 7.44. The number of hydrogen-bond acceptors (Lipinski definition) is 8. The topological polar surface area (TPSA) is 126 Å². The first-order valence-corrected chi connectivity index (χ1v) is 10.6. The molecule has 1 amide bonds. The minimum absolute atomic E-state index is 0.0537. The van der Waals surface area contributed by atoms with Crippen molar-refractivity contribution in [1.29, 1.82) is 0 Å². The lowest BCUT2D eigenvalue weighted by Gasteiger charge is -2.18. The summed E-state index contributed by atoms with van der Waals surface area (Å²) >= 11 is 1.07. The number of ether oxygens (including phenoxy) is 2. The Morgan fingerprint density at radius 1 is 1.28 bits per heavy atom. The van der Waals surface area contributed by atoms with Crippen LogP contribution in [-0.4, -0.2) is 47.0 Å². The zero-order valence-corrected chi connectivity index (χ0v) is 18.5. The largest absolute Gasteiger partial charge is 0.496 e. The van der Waals surface area contributed by atoms with Crippen LogP contribution in [0.15, 0.2) is 52.4 Å². The molecule has 0 saturated carbocycles. The molecule has 0 radical (unpaired) electrons. The molecule has 1 atom stereocenters. The molecular weight excluding hydrogens is 436 g/mol. The highest BCUT2D eigenvalue weighted by atomic mass is 32.2. The zero-order valence-electron chi connectivity index (χ0n) is 17.7. The van der Waals surface area contributed by atoms with Crippen LogP contribution in [0.25, 0.3) is 10.9 Å².